The standard InChI is InChI=1S/C43H61N3O5/c1-29-9-3-6-12-32-19-23-37-33(18-21-35(48)25-31(27-47)17-16-30-10-4-5-11-30)26-40(51-36-13-7-8-14-36)42(49)41(37)38(22-15-29)34(28-50-2)20-24-39(32)46-43(44)45/h25-26,29-30,32,34,36,38-39,47,49H,4-5,7-18,20-22,24,27-28H2,1-2H3,(H4,44,45,46)/t29-,32+,34-,38+,39+/m1/s1. The number of carbonyl (C=O) groups is 1. The zero-order valence-corrected chi connectivity index (χ0v) is 31.1. The van der Waals surface area contributed by atoms with E-state index in [1.807, 2.05) is 6.07 Å². The number of aliphatic hydroxyl groups is 1. The molecule has 51 heavy (non-hydrogen) atoms. The molecule has 8 nitrogen and oxygen atoms in total. The van der Waals surface area contributed by atoms with Crippen molar-refractivity contribution in [3.63, 3.8) is 0 Å². The quantitative estimate of drug-likeness (QED) is 0.0748. The van der Waals surface area contributed by atoms with Crippen LogP contribution in [0.15, 0.2) is 22.7 Å². The first-order chi connectivity index (χ1) is 24.7. The molecular formula is C43H61N3O5. The number of nitrogens with two attached hydrogens (primary N) is 2. The van der Waals surface area contributed by atoms with E-state index in [2.05, 4.69) is 35.6 Å². The molecular weight excluding hydrogens is 638 g/mol. The summed E-state index contributed by atoms with van der Waals surface area (Å²) in [7, 11) is 1.73. The van der Waals surface area contributed by atoms with E-state index in [-0.39, 0.29) is 60.4 Å². The summed E-state index contributed by atoms with van der Waals surface area (Å²) in [5.41, 5.74) is 15.2. The average molecular weight is 700 g/mol. The molecule has 5 aliphatic carbocycles. The van der Waals surface area contributed by atoms with Crippen molar-refractivity contribution in [2.24, 2.45) is 40.1 Å². The fourth-order valence-corrected chi connectivity index (χ4v) is 8.75. The maximum Gasteiger partial charge on any atom is 0.186 e. The van der Waals surface area contributed by atoms with Gasteiger partial charge in [-0.2, -0.15) is 0 Å². The van der Waals surface area contributed by atoms with Crippen LogP contribution in [0, 0.1) is 47.4 Å². The van der Waals surface area contributed by atoms with Crippen LogP contribution in [0.5, 0.6) is 11.5 Å². The Kier molecular flexibility index (Phi) is 14.7. The Labute approximate surface area is 306 Å². The topological polar surface area (TPSA) is 140 Å². The van der Waals surface area contributed by atoms with Crippen molar-refractivity contribution in [2.45, 2.75) is 141 Å². The molecule has 0 spiro atoms. The number of hydrogen-bond donors (Lipinski definition) is 4. The summed E-state index contributed by atoms with van der Waals surface area (Å²) in [5, 5.41) is 22.4. The highest BCUT2D eigenvalue weighted by molar-refractivity contribution is 5.90. The van der Waals surface area contributed by atoms with Gasteiger partial charge in [0, 0.05) is 44.1 Å². The molecule has 5 atom stereocenters. The van der Waals surface area contributed by atoms with E-state index < -0.39 is 0 Å². The van der Waals surface area contributed by atoms with E-state index in [9.17, 15) is 15.0 Å². The molecule has 2 saturated carbocycles. The van der Waals surface area contributed by atoms with Gasteiger partial charge in [0.15, 0.2) is 23.2 Å². The number of rotatable bonds is 13. The van der Waals surface area contributed by atoms with Crippen LogP contribution in [0.3, 0.4) is 0 Å². The van der Waals surface area contributed by atoms with E-state index in [4.69, 9.17) is 20.9 Å². The largest absolute Gasteiger partial charge is 0.504 e. The van der Waals surface area contributed by atoms with Crippen LogP contribution in [0.4, 0.5) is 0 Å². The highest BCUT2D eigenvalue weighted by atomic mass is 16.5. The molecule has 2 fully saturated rings. The lowest BCUT2D eigenvalue weighted by molar-refractivity contribution is -0.114. The van der Waals surface area contributed by atoms with E-state index in [0.717, 1.165) is 92.9 Å². The highest BCUT2D eigenvalue weighted by Gasteiger charge is 2.34. The molecule has 0 amide bonds. The Hall–Kier alpha value is -3.46. The van der Waals surface area contributed by atoms with Crippen molar-refractivity contribution < 1.29 is 24.5 Å². The Balaban J connectivity index is 1.60. The Morgan fingerprint density at radius 3 is 2.47 bits per heavy atom. The van der Waals surface area contributed by atoms with Crippen molar-refractivity contribution in [1.29, 1.82) is 0 Å². The van der Waals surface area contributed by atoms with Crippen molar-refractivity contribution >= 4 is 11.7 Å². The van der Waals surface area contributed by atoms with Crippen LogP contribution in [0.25, 0.3) is 0 Å². The summed E-state index contributed by atoms with van der Waals surface area (Å²) < 4.78 is 12.5. The van der Waals surface area contributed by atoms with Gasteiger partial charge in [0.25, 0.3) is 0 Å². The lowest BCUT2D eigenvalue weighted by Crippen LogP contribution is -2.30. The van der Waals surface area contributed by atoms with Gasteiger partial charge in [-0.05, 0) is 118 Å². The van der Waals surface area contributed by atoms with Crippen molar-refractivity contribution in [2.75, 3.05) is 20.3 Å². The fourth-order valence-electron chi connectivity index (χ4n) is 8.75. The van der Waals surface area contributed by atoms with E-state index in [1.165, 1.54) is 25.7 Å². The van der Waals surface area contributed by atoms with Gasteiger partial charge >= 0.3 is 0 Å². The second-order valence-corrected chi connectivity index (χ2v) is 15.7. The van der Waals surface area contributed by atoms with E-state index in [1.54, 1.807) is 13.2 Å². The zero-order chi connectivity index (χ0) is 36.2. The predicted octanol–water partition coefficient (Wildman–Crippen LogP) is 7.07. The number of aryl methyl sites for hydroxylation is 1. The minimum absolute atomic E-state index is 0.00659. The third-order valence-corrected chi connectivity index (χ3v) is 11.7. The van der Waals surface area contributed by atoms with Crippen LogP contribution in [0.2, 0.25) is 0 Å². The number of fused-ring (bicyclic) bond motifs is 8. The number of nitrogens with zero attached hydrogens (tertiary/aromatic N) is 1. The minimum Gasteiger partial charge on any atom is -0.504 e. The van der Waals surface area contributed by atoms with Crippen molar-refractivity contribution in [3.05, 3.63) is 34.4 Å². The lowest BCUT2D eigenvalue weighted by atomic mass is 9.74. The lowest BCUT2D eigenvalue weighted by Gasteiger charge is -2.33. The average Bonchev–Trinajstić information content (AvgIpc) is 3.83. The third-order valence-electron chi connectivity index (χ3n) is 11.7. The maximum atomic E-state index is 13.5. The van der Waals surface area contributed by atoms with Gasteiger partial charge in [0.2, 0.25) is 0 Å². The molecule has 0 heterocycles. The van der Waals surface area contributed by atoms with Gasteiger partial charge in [-0.25, -0.2) is 4.99 Å². The van der Waals surface area contributed by atoms with Gasteiger partial charge in [-0.1, -0.05) is 44.4 Å². The molecule has 5 aliphatic rings. The summed E-state index contributed by atoms with van der Waals surface area (Å²) in [5.74, 6) is 15.4. The molecule has 2 bridgehead atoms. The fraction of sp³-hybridized carbons (Fsp3) is 0.674. The van der Waals surface area contributed by atoms with Crippen LogP contribution < -0.4 is 16.2 Å². The van der Waals surface area contributed by atoms with Gasteiger partial charge in [-0.3, -0.25) is 4.79 Å². The Morgan fingerprint density at radius 2 is 1.75 bits per heavy atom. The SMILES string of the molecule is COC[C@H]1CC[C@H](N=C(N)N)[C@@H]2C#Cc3c(CCC(=O)C=C(CO)CCC4CCCC4)cc(OC4CCCC4)c(O)c3[C@H]1CC[C@H](C)CC#CC2. The number of benzene rings is 1. The first-order valence-electron chi connectivity index (χ1n) is 19.7. The number of methoxy groups -OCH3 is 1. The normalized spacial score (nSPS) is 25.9. The molecule has 0 saturated heterocycles. The number of guanidine groups is 1. The first-order valence-corrected chi connectivity index (χ1v) is 19.7. The molecule has 0 aromatic heterocycles. The predicted molar refractivity (Wildman–Crippen MR) is 203 cm³/mol. The molecule has 1 aromatic rings. The number of ether oxygens (including phenoxy) is 2. The number of hydrogen-bond acceptors (Lipinski definition) is 6. The summed E-state index contributed by atoms with van der Waals surface area (Å²) in [6.45, 7) is 2.66. The van der Waals surface area contributed by atoms with Crippen molar-refractivity contribution in [3.8, 4) is 35.2 Å². The summed E-state index contributed by atoms with van der Waals surface area (Å²) >= 11 is 0. The van der Waals surface area contributed by atoms with Crippen LogP contribution in [0.1, 0.15) is 139 Å². The van der Waals surface area contributed by atoms with Gasteiger partial charge in [-0.15, -0.1) is 11.8 Å². The Bertz CT molecular complexity index is 1510. The number of ketones is 1. The molecule has 0 unspecified atom stereocenters. The number of allylic oxidation sites excluding steroid dienone is 1. The maximum absolute atomic E-state index is 13.5. The van der Waals surface area contributed by atoms with Crippen molar-refractivity contribution in [1.82, 2.24) is 0 Å². The smallest absolute Gasteiger partial charge is 0.186 e. The Morgan fingerprint density at radius 1 is 1.00 bits per heavy atom. The third kappa shape index (κ3) is 11.0. The van der Waals surface area contributed by atoms with E-state index >= 15 is 0 Å². The summed E-state index contributed by atoms with van der Waals surface area (Å²) in [6, 6.07) is 1.70. The molecule has 6 rings (SSSR count). The van der Waals surface area contributed by atoms with Crippen LogP contribution in [-0.4, -0.2) is 54.4 Å². The molecule has 278 valence electrons. The number of aliphatic hydroxyl groups excluding tert-OH is 1. The molecule has 6 N–H and O–H groups in total. The minimum atomic E-state index is -0.230. The van der Waals surface area contributed by atoms with Crippen LogP contribution in [-0.2, 0) is 16.0 Å². The van der Waals surface area contributed by atoms with Crippen LogP contribution >= 0.6 is 0 Å². The second-order valence-electron chi connectivity index (χ2n) is 15.7. The van der Waals surface area contributed by atoms with E-state index in [0.29, 0.717) is 37.0 Å². The van der Waals surface area contributed by atoms with Gasteiger partial charge in [0.05, 0.1) is 24.7 Å². The molecule has 0 aliphatic heterocycles. The number of phenolic OH excluding ortho intramolecular Hbond substituents is 1. The summed E-state index contributed by atoms with van der Waals surface area (Å²) in [6.07, 6.45) is 18.0. The molecule has 0 radical (unpaired) electrons. The van der Waals surface area contributed by atoms with Gasteiger partial charge < -0.3 is 31.2 Å². The number of aromatic hydroxyl groups is 1. The molecule has 1 aromatic carbocycles. The number of phenols is 1. The number of carbonyl (C=O) groups excluding carboxylic acids is 1. The first kappa shape index (κ1) is 38.8. The zero-order valence-electron chi connectivity index (χ0n) is 31.1. The highest BCUT2D eigenvalue weighted by Crippen LogP contribution is 2.47. The summed E-state index contributed by atoms with van der Waals surface area (Å²) in [4.78, 5) is 18.2. The second kappa shape index (κ2) is 19.4. The number of aliphatic imine (C=N–C) groups is 1. The van der Waals surface area contributed by atoms with Gasteiger partial charge in [0.1, 0.15) is 0 Å². The monoisotopic (exact) mass is 699 g/mol. The molecule has 8 heteroatoms.